The van der Waals surface area contributed by atoms with Crippen LogP contribution in [0.4, 0.5) is 0 Å². The first-order chi connectivity index (χ1) is 11.2. The second-order valence-corrected chi connectivity index (χ2v) is 5.19. The molecule has 0 rings (SSSR count). The molecule has 0 radical (unpaired) electrons. The van der Waals surface area contributed by atoms with Crippen LogP contribution in [0.2, 0.25) is 0 Å². The first kappa shape index (κ1) is 49.7. The number of hydrogen-bond donors (Lipinski definition) is 0. The lowest BCUT2D eigenvalue weighted by Gasteiger charge is -1.88. The van der Waals surface area contributed by atoms with Crippen molar-refractivity contribution in [1.82, 2.24) is 0 Å². The van der Waals surface area contributed by atoms with Crippen molar-refractivity contribution in [3.05, 3.63) is 74.4 Å². The van der Waals surface area contributed by atoms with Gasteiger partial charge in [0.05, 0.1) is 0 Å². The van der Waals surface area contributed by atoms with Gasteiger partial charge in [-0.25, -0.2) is 0 Å². The van der Waals surface area contributed by atoms with E-state index in [1.807, 2.05) is 19.9 Å². The van der Waals surface area contributed by atoms with Gasteiger partial charge < -0.3 is 0 Å². The Hall–Kier alpha value is -1.56. The first-order valence-electron chi connectivity index (χ1n) is 8.69. The minimum atomic E-state index is 0. The Morgan fingerprint density at radius 2 is 0.769 bits per heavy atom. The van der Waals surface area contributed by atoms with Gasteiger partial charge in [-0.3, -0.25) is 0 Å². The fraction of sp³-hybridized carbons (Fsp3) is 0.538. The first-order valence-corrected chi connectivity index (χ1v) is 8.69. The zero-order chi connectivity index (χ0) is 21.0. The highest BCUT2D eigenvalue weighted by Gasteiger charge is 1.75. The van der Waals surface area contributed by atoms with Crippen molar-refractivity contribution in [2.75, 3.05) is 0 Å². The lowest BCUT2D eigenvalue weighted by atomic mass is 10.2. The molecule has 0 aliphatic heterocycles. The quantitative estimate of drug-likeness (QED) is 0.434. The summed E-state index contributed by atoms with van der Waals surface area (Å²) in [4.78, 5) is 0. The van der Waals surface area contributed by atoms with E-state index >= 15 is 0 Å². The number of allylic oxidation sites excluding steroid dienone is 6. The maximum absolute atomic E-state index is 3.56. The second kappa shape index (κ2) is 65.3. The Bertz CT molecular complexity index is 246. The van der Waals surface area contributed by atoms with Gasteiger partial charge in [-0.1, -0.05) is 70.6 Å². The van der Waals surface area contributed by atoms with Crippen LogP contribution in [0.1, 0.15) is 96.4 Å². The topological polar surface area (TPSA) is 0 Å². The summed E-state index contributed by atoms with van der Waals surface area (Å²) in [5, 5.41) is 0. The van der Waals surface area contributed by atoms with E-state index in [0.29, 0.717) is 0 Å². The Morgan fingerprint density at radius 1 is 0.615 bits per heavy atom. The normalized spacial score (nSPS) is 6.50. The minimum absolute atomic E-state index is 0. The van der Waals surface area contributed by atoms with Gasteiger partial charge in [0.1, 0.15) is 0 Å². The zero-order valence-electron chi connectivity index (χ0n) is 18.6. The van der Waals surface area contributed by atoms with Gasteiger partial charge in [-0.15, -0.1) is 39.5 Å². The summed E-state index contributed by atoms with van der Waals surface area (Å²) in [6, 6.07) is 0. The lowest BCUT2D eigenvalue weighted by molar-refractivity contribution is 1.16. The van der Waals surface area contributed by atoms with Gasteiger partial charge >= 0.3 is 0 Å². The molecule has 160 valence electrons. The summed E-state index contributed by atoms with van der Waals surface area (Å²) >= 11 is 0. The summed E-state index contributed by atoms with van der Waals surface area (Å²) in [5.41, 5.74) is 4.02. The summed E-state index contributed by atoms with van der Waals surface area (Å²) in [6.07, 6.45) is 9.67. The van der Waals surface area contributed by atoms with Crippen LogP contribution in [0, 0.1) is 0 Å². The average molecular weight is 369 g/mol. The molecule has 0 bridgehead atoms. The Labute approximate surface area is 171 Å². The summed E-state index contributed by atoms with van der Waals surface area (Å²) in [5.74, 6) is 0. The molecule has 0 aromatic carbocycles. The van der Waals surface area contributed by atoms with Gasteiger partial charge in [-0.2, -0.15) is 0 Å². The third-order valence-electron chi connectivity index (χ3n) is 1.93. The number of rotatable bonds is 3. The monoisotopic (exact) mass is 368 g/mol. The Morgan fingerprint density at radius 3 is 0.808 bits per heavy atom. The summed E-state index contributed by atoms with van der Waals surface area (Å²) < 4.78 is 0. The smallest absolute Gasteiger partial charge is 0.0379 e. The lowest BCUT2D eigenvalue weighted by Crippen LogP contribution is -1.66. The molecule has 0 aliphatic rings. The van der Waals surface area contributed by atoms with E-state index in [-0.39, 0.29) is 14.9 Å². The predicted molar refractivity (Wildman–Crippen MR) is 136 cm³/mol. The highest BCUT2D eigenvalue weighted by molar-refractivity contribution is 5.02. The molecule has 0 aromatic rings. The molecule has 0 aliphatic carbocycles. The highest BCUT2D eigenvalue weighted by atomic mass is 13.8. The van der Waals surface area contributed by atoms with Crippen LogP contribution < -0.4 is 0 Å². The second-order valence-electron chi connectivity index (χ2n) is 5.19. The fourth-order valence-corrected chi connectivity index (χ4v) is 0.333. The molecule has 0 N–H and O–H groups in total. The van der Waals surface area contributed by atoms with E-state index in [1.54, 1.807) is 0 Å². The van der Waals surface area contributed by atoms with E-state index in [0.717, 1.165) is 6.42 Å². The van der Waals surface area contributed by atoms with E-state index in [4.69, 9.17) is 0 Å². The molecule has 0 aromatic heterocycles. The highest BCUT2D eigenvalue weighted by Crippen LogP contribution is 1.97. The van der Waals surface area contributed by atoms with E-state index in [9.17, 15) is 0 Å². The van der Waals surface area contributed by atoms with E-state index < -0.39 is 0 Å². The van der Waals surface area contributed by atoms with Gasteiger partial charge in [0.15, 0.2) is 0 Å². The average Bonchev–Trinajstić information content (AvgIpc) is 2.56. The van der Waals surface area contributed by atoms with E-state index in [1.165, 1.54) is 29.6 Å². The van der Waals surface area contributed by atoms with Crippen LogP contribution in [0.5, 0.6) is 0 Å². The Kier molecular flexibility index (Phi) is 125. The van der Waals surface area contributed by atoms with Gasteiger partial charge in [0.25, 0.3) is 0 Å². The van der Waals surface area contributed by atoms with Crippen LogP contribution in [-0.4, -0.2) is 0 Å². The molecule has 0 heteroatoms. The van der Waals surface area contributed by atoms with Crippen molar-refractivity contribution in [2.45, 2.75) is 96.4 Å². The summed E-state index contributed by atoms with van der Waals surface area (Å²) in [7, 11) is 0. The van der Waals surface area contributed by atoms with Crippen molar-refractivity contribution in [3.8, 4) is 0 Å². The van der Waals surface area contributed by atoms with E-state index in [2.05, 4.69) is 100 Å². The molecule has 0 saturated heterocycles. The third-order valence-corrected chi connectivity index (χ3v) is 1.93. The molecule has 0 fully saturated rings. The standard InChI is InChI=1S/2C6H12.2C4H8.2C2H4.2CH4/c1-5(2)6(3)4;1-3-5-6-4-2;1-4(2)3;1-3-4-2;2*1-2;;/h1-4H3;5-6H,3-4H2,1-2H3;1H2,2-3H3;3H,1,4H2,2H3;2*1-2H2;2*1H4. The van der Waals surface area contributed by atoms with Crippen molar-refractivity contribution in [3.63, 3.8) is 0 Å². The van der Waals surface area contributed by atoms with Crippen LogP contribution in [0.15, 0.2) is 74.4 Å². The molecular formula is C26H56. The van der Waals surface area contributed by atoms with Gasteiger partial charge in [0, 0.05) is 0 Å². The molecule has 0 saturated carbocycles. The van der Waals surface area contributed by atoms with Crippen molar-refractivity contribution >= 4 is 0 Å². The van der Waals surface area contributed by atoms with Crippen LogP contribution in [0.25, 0.3) is 0 Å². The van der Waals surface area contributed by atoms with Gasteiger partial charge in [0.2, 0.25) is 0 Å². The molecule has 0 unspecified atom stereocenters. The third kappa shape index (κ3) is 249. The van der Waals surface area contributed by atoms with Crippen LogP contribution >= 0.6 is 0 Å². The minimum Gasteiger partial charge on any atom is -0.106 e. The molecule has 0 spiro atoms. The van der Waals surface area contributed by atoms with Crippen molar-refractivity contribution in [2.24, 2.45) is 0 Å². The largest absolute Gasteiger partial charge is 0.106 e. The maximum atomic E-state index is 3.56. The predicted octanol–water partition coefficient (Wildman–Crippen LogP) is 10.8. The maximum Gasteiger partial charge on any atom is -0.0379 e. The zero-order valence-corrected chi connectivity index (χ0v) is 18.6. The number of hydrogen-bond acceptors (Lipinski definition) is 0. The Balaban J connectivity index is -0.0000000257. The van der Waals surface area contributed by atoms with Gasteiger partial charge in [-0.05, 0) is 60.8 Å². The molecule has 0 nitrogen and oxygen atoms in total. The molecular weight excluding hydrogens is 312 g/mol. The van der Waals surface area contributed by atoms with Crippen LogP contribution in [0.3, 0.4) is 0 Å². The molecule has 26 heavy (non-hydrogen) atoms. The molecule has 0 atom stereocenters. The fourth-order valence-electron chi connectivity index (χ4n) is 0.333. The summed E-state index contributed by atoms with van der Waals surface area (Å²) in [6.45, 7) is 37.8. The van der Waals surface area contributed by atoms with Crippen LogP contribution in [-0.2, 0) is 0 Å². The molecule has 0 heterocycles. The van der Waals surface area contributed by atoms with Crippen molar-refractivity contribution < 1.29 is 0 Å². The SMILES string of the molecule is C.C.C=C.C=C.C=C(C)C.C=CCC.CC(C)=C(C)C.CCC=CCC. The van der Waals surface area contributed by atoms with Crippen molar-refractivity contribution in [1.29, 1.82) is 0 Å². The molecule has 0 amide bonds.